The smallest absolute Gasteiger partial charge is 0.328 e. The van der Waals surface area contributed by atoms with Gasteiger partial charge >= 0.3 is 12.0 Å². The quantitative estimate of drug-likeness (QED) is 0.811. The minimum Gasteiger partial charge on any atom is -0.464 e. The van der Waals surface area contributed by atoms with Gasteiger partial charge in [0.15, 0.2) is 0 Å². The fraction of sp³-hybridized carbons (Fsp3) is 0.467. The van der Waals surface area contributed by atoms with Crippen LogP contribution in [0.25, 0.3) is 0 Å². The first-order chi connectivity index (χ1) is 9.60. The number of hydrogen-bond acceptors (Lipinski definition) is 3. The van der Waals surface area contributed by atoms with E-state index in [4.69, 9.17) is 4.74 Å². The van der Waals surface area contributed by atoms with E-state index in [1.165, 1.54) is 4.90 Å². The number of urea groups is 1. The van der Waals surface area contributed by atoms with Crippen LogP contribution in [0.1, 0.15) is 26.3 Å². The third kappa shape index (κ3) is 4.57. The van der Waals surface area contributed by atoms with E-state index in [0.717, 1.165) is 5.56 Å². The Morgan fingerprint density at radius 1 is 1.25 bits per heavy atom. The van der Waals surface area contributed by atoms with Crippen LogP contribution in [0.5, 0.6) is 0 Å². The Bertz CT molecular complexity index is 434. The van der Waals surface area contributed by atoms with E-state index in [1.807, 2.05) is 37.3 Å². The van der Waals surface area contributed by atoms with Crippen molar-refractivity contribution in [2.75, 3.05) is 13.2 Å². The first-order valence-electron chi connectivity index (χ1n) is 6.85. The SMILES string of the molecule is CCNC(=O)N(Cc1ccccc1)C(C)C(=O)OCC. The van der Waals surface area contributed by atoms with Gasteiger partial charge in [-0.25, -0.2) is 9.59 Å². The Morgan fingerprint density at radius 3 is 2.45 bits per heavy atom. The summed E-state index contributed by atoms with van der Waals surface area (Å²) in [4.78, 5) is 25.4. The van der Waals surface area contributed by atoms with Crippen molar-refractivity contribution in [3.63, 3.8) is 0 Å². The lowest BCUT2D eigenvalue weighted by molar-refractivity contribution is -0.148. The first-order valence-corrected chi connectivity index (χ1v) is 6.85. The number of hydrogen-bond donors (Lipinski definition) is 1. The minimum atomic E-state index is -0.623. The normalized spacial score (nSPS) is 11.6. The van der Waals surface area contributed by atoms with Crippen LogP contribution in [0.3, 0.4) is 0 Å². The van der Waals surface area contributed by atoms with Gasteiger partial charge in [0, 0.05) is 13.1 Å². The van der Waals surface area contributed by atoms with Crippen molar-refractivity contribution in [1.29, 1.82) is 0 Å². The molecule has 1 N–H and O–H groups in total. The highest BCUT2D eigenvalue weighted by Crippen LogP contribution is 2.10. The molecule has 0 aliphatic heterocycles. The second-order valence-corrected chi connectivity index (χ2v) is 4.38. The molecule has 0 aromatic heterocycles. The number of nitrogens with one attached hydrogen (secondary N) is 1. The molecule has 1 aromatic rings. The lowest BCUT2D eigenvalue weighted by Gasteiger charge is -2.27. The number of benzene rings is 1. The van der Waals surface area contributed by atoms with Gasteiger partial charge < -0.3 is 15.0 Å². The molecule has 1 rings (SSSR count). The molecule has 0 spiro atoms. The molecule has 0 saturated heterocycles. The summed E-state index contributed by atoms with van der Waals surface area (Å²) >= 11 is 0. The highest BCUT2D eigenvalue weighted by Gasteiger charge is 2.26. The second kappa shape index (κ2) is 8.19. The number of amides is 2. The van der Waals surface area contributed by atoms with E-state index in [9.17, 15) is 9.59 Å². The molecule has 0 radical (unpaired) electrons. The molecular weight excluding hydrogens is 256 g/mol. The van der Waals surface area contributed by atoms with Gasteiger partial charge in [0.25, 0.3) is 0 Å². The van der Waals surface area contributed by atoms with Crippen molar-refractivity contribution < 1.29 is 14.3 Å². The first kappa shape index (κ1) is 16.0. The molecule has 0 bridgehead atoms. The predicted molar refractivity (Wildman–Crippen MR) is 77.2 cm³/mol. The van der Waals surface area contributed by atoms with Crippen LogP contribution in [0.4, 0.5) is 4.79 Å². The summed E-state index contributed by atoms with van der Waals surface area (Å²) < 4.78 is 4.99. The van der Waals surface area contributed by atoms with Gasteiger partial charge in [-0.05, 0) is 26.3 Å². The molecular formula is C15H22N2O3. The van der Waals surface area contributed by atoms with E-state index >= 15 is 0 Å². The van der Waals surface area contributed by atoms with E-state index in [1.54, 1.807) is 13.8 Å². The number of ether oxygens (including phenoxy) is 1. The Hall–Kier alpha value is -2.04. The van der Waals surface area contributed by atoms with E-state index in [-0.39, 0.29) is 6.03 Å². The lowest BCUT2D eigenvalue weighted by Crippen LogP contribution is -2.48. The van der Waals surface area contributed by atoms with Crippen molar-refractivity contribution in [2.45, 2.75) is 33.4 Å². The van der Waals surface area contributed by atoms with Crippen LogP contribution in [0.2, 0.25) is 0 Å². The lowest BCUT2D eigenvalue weighted by atomic mass is 10.2. The zero-order valence-corrected chi connectivity index (χ0v) is 12.3. The van der Waals surface area contributed by atoms with E-state index in [2.05, 4.69) is 5.32 Å². The number of nitrogens with zero attached hydrogens (tertiary/aromatic N) is 1. The average molecular weight is 278 g/mol. The second-order valence-electron chi connectivity index (χ2n) is 4.38. The molecule has 0 aliphatic rings. The van der Waals surface area contributed by atoms with Gasteiger partial charge in [-0.1, -0.05) is 30.3 Å². The monoisotopic (exact) mass is 278 g/mol. The maximum absolute atomic E-state index is 12.1. The predicted octanol–water partition coefficient (Wildman–Crippen LogP) is 2.17. The van der Waals surface area contributed by atoms with Crippen molar-refractivity contribution >= 4 is 12.0 Å². The van der Waals surface area contributed by atoms with Gasteiger partial charge in [0.05, 0.1) is 6.61 Å². The zero-order valence-electron chi connectivity index (χ0n) is 12.3. The van der Waals surface area contributed by atoms with Crippen LogP contribution in [-0.2, 0) is 16.1 Å². The summed E-state index contributed by atoms with van der Waals surface area (Å²) in [5.41, 5.74) is 0.968. The largest absolute Gasteiger partial charge is 0.464 e. The number of carbonyl (C=O) groups is 2. The Balaban J connectivity index is 2.84. The van der Waals surface area contributed by atoms with Crippen LogP contribution >= 0.6 is 0 Å². The fourth-order valence-electron chi connectivity index (χ4n) is 1.81. The van der Waals surface area contributed by atoms with Crippen molar-refractivity contribution in [1.82, 2.24) is 10.2 Å². The summed E-state index contributed by atoms with van der Waals surface area (Å²) in [6.45, 7) is 6.45. The molecule has 1 unspecified atom stereocenters. The molecule has 0 aliphatic carbocycles. The van der Waals surface area contributed by atoms with Crippen LogP contribution in [0, 0.1) is 0 Å². The molecule has 0 saturated carbocycles. The molecule has 1 aromatic carbocycles. The molecule has 110 valence electrons. The molecule has 20 heavy (non-hydrogen) atoms. The number of rotatable bonds is 6. The molecule has 0 heterocycles. The highest BCUT2D eigenvalue weighted by atomic mass is 16.5. The van der Waals surface area contributed by atoms with Crippen LogP contribution in [0.15, 0.2) is 30.3 Å². The summed E-state index contributed by atoms with van der Waals surface area (Å²) in [5, 5.41) is 2.72. The van der Waals surface area contributed by atoms with Crippen LogP contribution < -0.4 is 5.32 Å². The third-order valence-electron chi connectivity index (χ3n) is 2.88. The van der Waals surface area contributed by atoms with E-state index < -0.39 is 12.0 Å². The van der Waals surface area contributed by atoms with Crippen molar-refractivity contribution in [3.8, 4) is 0 Å². The highest BCUT2D eigenvalue weighted by molar-refractivity contribution is 5.83. The standard InChI is InChI=1S/C15H22N2O3/c1-4-16-15(19)17(12(3)14(18)20-5-2)11-13-9-7-6-8-10-13/h6-10,12H,4-5,11H2,1-3H3,(H,16,19). The number of carbonyl (C=O) groups excluding carboxylic acids is 2. The topological polar surface area (TPSA) is 58.6 Å². The fourth-order valence-corrected chi connectivity index (χ4v) is 1.81. The number of esters is 1. The van der Waals surface area contributed by atoms with Gasteiger partial charge in [-0.3, -0.25) is 0 Å². The van der Waals surface area contributed by atoms with Gasteiger partial charge in [-0.15, -0.1) is 0 Å². The Morgan fingerprint density at radius 2 is 1.90 bits per heavy atom. The van der Waals surface area contributed by atoms with Gasteiger partial charge in [0.1, 0.15) is 6.04 Å². The minimum absolute atomic E-state index is 0.267. The average Bonchev–Trinajstić information content (AvgIpc) is 2.45. The maximum Gasteiger partial charge on any atom is 0.328 e. The van der Waals surface area contributed by atoms with E-state index in [0.29, 0.717) is 19.7 Å². The summed E-state index contributed by atoms with van der Waals surface area (Å²) in [6.07, 6.45) is 0. The summed E-state index contributed by atoms with van der Waals surface area (Å²) in [6, 6.07) is 8.67. The van der Waals surface area contributed by atoms with Crippen LogP contribution in [-0.4, -0.2) is 36.1 Å². The summed E-state index contributed by atoms with van der Waals surface area (Å²) in [5.74, 6) is -0.394. The molecule has 0 fully saturated rings. The molecule has 5 heteroatoms. The maximum atomic E-state index is 12.1. The molecule has 2 amide bonds. The molecule has 1 atom stereocenters. The van der Waals surface area contributed by atoms with Gasteiger partial charge in [0.2, 0.25) is 0 Å². The van der Waals surface area contributed by atoms with Crippen molar-refractivity contribution in [3.05, 3.63) is 35.9 Å². The zero-order chi connectivity index (χ0) is 15.0. The van der Waals surface area contributed by atoms with Crippen molar-refractivity contribution in [2.24, 2.45) is 0 Å². The Kier molecular flexibility index (Phi) is 6.56. The molecule has 5 nitrogen and oxygen atoms in total. The van der Waals surface area contributed by atoms with Gasteiger partial charge in [-0.2, -0.15) is 0 Å². The Labute approximate surface area is 119 Å². The summed E-state index contributed by atoms with van der Waals surface area (Å²) in [7, 11) is 0. The third-order valence-corrected chi connectivity index (χ3v) is 2.88.